The number of hydrogen-bond donors (Lipinski definition) is 1. The lowest BCUT2D eigenvalue weighted by Crippen LogP contribution is -2.33. The summed E-state index contributed by atoms with van der Waals surface area (Å²) in [6.45, 7) is 2.03. The third-order valence-electron chi connectivity index (χ3n) is 1.55. The summed E-state index contributed by atoms with van der Waals surface area (Å²) in [4.78, 5) is 0. The molecule has 0 aromatic carbocycles. The molecule has 0 aromatic rings. The Morgan fingerprint density at radius 2 is 1.62 bits per heavy atom. The van der Waals surface area contributed by atoms with Crippen molar-refractivity contribution < 1.29 is 24.1 Å². The topological polar surface area (TPSA) is 57.2 Å². The molecule has 80 valence electrons. The van der Waals surface area contributed by atoms with Gasteiger partial charge in [-0.1, -0.05) is 0 Å². The lowest BCUT2D eigenvalue weighted by molar-refractivity contribution is -0.161. The minimum absolute atomic E-state index is 0.103. The summed E-state index contributed by atoms with van der Waals surface area (Å²) < 4.78 is 19.8. The maximum absolute atomic E-state index is 8.92. The van der Waals surface area contributed by atoms with Crippen LogP contribution in [0.3, 0.4) is 0 Å². The van der Waals surface area contributed by atoms with E-state index in [1.54, 1.807) is 6.92 Å². The molecule has 0 aliphatic rings. The Morgan fingerprint density at radius 3 is 2.08 bits per heavy atom. The minimum atomic E-state index is -0.380. The largest absolute Gasteiger partial charge is 0.394 e. The highest BCUT2D eigenvalue weighted by molar-refractivity contribution is 4.63. The molecule has 0 aromatic heterocycles. The van der Waals surface area contributed by atoms with Crippen LogP contribution in [-0.4, -0.2) is 51.7 Å². The Kier molecular flexibility index (Phi) is 8.27. The van der Waals surface area contributed by atoms with Gasteiger partial charge in [-0.05, 0) is 6.92 Å². The third kappa shape index (κ3) is 5.95. The van der Waals surface area contributed by atoms with Crippen LogP contribution in [0.2, 0.25) is 0 Å². The summed E-state index contributed by atoms with van der Waals surface area (Å²) in [5, 5.41) is 8.92. The molecule has 0 aliphatic carbocycles. The van der Waals surface area contributed by atoms with Gasteiger partial charge in [0, 0.05) is 14.2 Å². The monoisotopic (exact) mass is 194 g/mol. The van der Waals surface area contributed by atoms with Crippen molar-refractivity contribution in [1.29, 1.82) is 0 Å². The second kappa shape index (κ2) is 8.40. The second-order valence-corrected chi connectivity index (χ2v) is 2.57. The second-order valence-electron chi connectivity index (χ2n) is 2.57. The van der Waals surface area contributed by atoms with Crippen LogP contribution in [-0.2, 0) is 18.9 Å². The zero-order valence-electron chi connectivity index (χ0n) is 8.36. The van der Waals surface area contributed by atoms with E-state index in [1.807, 2.05) is 0 Å². The SMILES string of the molecule is COCO[C@H](C)[C@@H](CO)OCOC. The fourth-order valence-corrected chi connectivity index (χ4v) is 0.775. The molecule has 0 aliphatic heterocycles. The molecular weight excluding hydrogens is 176 g/mol. The maximum Gasteiger partial charge on any atom is 0.146 e. The standard InChI is InChI=1S/C8H18O5/c1-7(12-5-10-2)8(4-9)13-6-11-3/h7-9H,4-6H2,1-3H3/t7-,8-/m1/s1. The molecule has 13 heavy (non-hydrogen) atoms. The molecule has 5 heteroatoms. The van der Waals surface area contributed by atoms with Crippen LogP contribution < -0.4 is 0 Å². The van der Waals surface area contributed by atoms with Crippen molar-refractivity contribution in [2.75, 3.05) is 34.4 Å². The molecule has 0 amide bonds. The molecule has 2 atom stereocenters. The zero-order chi connectivity index (χ0) is 10.1. The first-order chi connectivity index (χ1) is 6.26. The quantitative estimate of drug-likeness (QED) is 0.550. The highest BCUT2D eigenvalue weighted by Crippen LogP contribution is 2.03. The normalized spacial score (nSPS) is 15.7. The molecular formula is C8H18O5. The molecule has 0 radical (unpaired) electrons. The van der Waals surface area contributed by atoms with Crippen LogP contribution in [0, 0.1) is 0 Å². The predicted molar refractivity (Wildman–Crippen MR) is 46.3 cm³/mol. The van der Waals surface area contributed by atoms with Crippen LogP contribution in [0.15, 0.2) is 0 Å². The summed E-state index contributed by atoms with van der Waals surface area (Å²) in [6, 6.07) is 0. The van der Waals surface area contributed by atoms with Gasteiger partial charge in [-0.2, -0.15) is 0 Å². The van der Waals surface area contributed by atoms with E-state index in [1.165, 1.54) is 14.2 Å². The van der Waals surface area contributed by atoms with E-state index in [9.17, 15) is 0 Å². The average molecular weight is 194 g/mol. The molecule has 5 nitrogen and oxygen atoms in total. The van der Waals surface area contributed by atoms with Gasteiger partial charge in [0.05, 0.1) is 12.7 Å². The summed E-state index contributed by atoms with van der Waals surface area (Å²) >= 11 is 0. The van der Waals surface area contributed by atoms with E-state index in [-0.39, 0.29) is 32.4 Å². The van der Waals surface area contributed by atoms with E-state index in [0.29, 0.717) is 0 Å². The Hall–Kier alpha value is -0.200. The fraction of sp³-hybridized carbons (Fsp3) is 1.00. The lowest BCUT2D eigenvalue weighted by Gasteiger charge is -2.21. The number of aliphatic hydroxyl groups excluding tert-OH is 1. The Bertz CT molecular complexity index is 109. The van der Waals surface area contributed by atoms with Crippen LogP contribution in [0.1, 0.15) is 6.92 Å². The zero-order valence-corrected chi connectivity index (χ0v) is 8.36. The molecule has 0 heterocycles. The number of hydrogen-bond acceptors (Lipinski definition) is 5. The number of rotatable bonds is 8. The van der Waals surface area contributed by atoms with Crippen molar-refractivity contribution in [1.82, 2.24) is 0 Å². The molecule has 0 unspecified atom stereocenters. The highest BCUT2D eigenvalue weighted by atomic mass is 16.7. The first kappa shape index (κ1) is 12.8. The predicted octanol–water partition coefficient (Wildman–Crippen LogP) is -0.0232. The van der Waals surface area contributed by atoms with Crippen LogP contribution in [0.5, 0.6) is 0 Å². The van der Waals surface area contributed by atoms with Gasteiger partial charge in [-0.25, -0.2) is 0 Å². The first-order valence-corrected chi connectivity index (χ1v) is 4.08. The van der Waals surface area contributed by atoms with E-state index in [2.05, 4.69) is 0 Å². The molecule has 0 rings (SSSR count). The van der Waals surface area contributed by atoms with Gasteiger partial charge in [0.15, 0.2) is 0 Å². The van der Waals surface area contributed by atoms with E-state index in [0.717, 1.165) is 0 Å². The fourth-order valence-electron chi connectivity index (χ4n) is 0.775. The summed E-state index contributed by atoms with van der Waals surface area (Å²) in [5.74, 6) is 0. The van der Waals surface area contributed by atoms with Gasteiger partial charge in [0.1, 0.15) is 19.7 Å². The van der Waals surface area contributed by atoms with E-state index in [4.69, 9.17) is 24.1 Å². The maximum atomic E-state index is 8.92. The minimum Gasteiger partial charge on any atom is -0.394 e. The highest BCUT2D eigenvalue weighted by Gasteiger charge is 2.17. The molecule has 0 saturated heterocycles. The lowest BCUT2D eigenvalue weighted by atomic mass is 10.2. The Morgan fingerprint density at radius 1 is 1.08 bits per heavy atom. The molecule has 0 bridgehead atoms. The van der Waals surface area contributed by atoms with Gasteiger partial charge in [0.2, 0.25) is 0 Å². The Labute approximate surface area is 78.5 Å². The van der Waals surface area contributed by atoms with Crippen LogP contribution in [0.4, 0.5) is 0 Å². The number of ether oxygens (including phenoxy) is 4. The van der Waals surface area contributed by atoms with Gasteiger partial charge >= 0.3 is 0 Å². The van der Waals surface area contributed by atoms with Crippen molar-refractivity contribution in [3.63, 3.8) is 0 Å². The average Bonchev–Trinajstić information content (AvgIpc) is 2.16. The molecule has 0 saturated carbocycles. The molecule has 1 N–H and O–H groups in total. The van der Waals surface area contributed by atoms with Gasteiger partial charge < -0.3 is 24.1 Å². The van der Waals surface area contributed by atoms with Crippen LogP contribution in [0.25, 0.3) is 0 Å². The Balaban J connectivity index is 3.63. The number of aliphatic hydroxyl groups is 1. The van der Waals surface area contributed by atoms with Crippen molar-refractivity contribution in [2.45, 2.75) is 19.1 Å². The van der Waals surface area contributed by atoms with Gasteiger partial charge in [-0.3, -0.25) is 0 Å². The van der Waals surface area contributed by atoms with E-state index < -0.39 is 0 Å². The van der Waals surface area contributed by atoms with Crippen molar-refractivity contribution in [3.05, 3.63) is 0 Å². The summed E-state index contributed by atoms with van der Waals surface area (Å²) in [6.07, 6.45) is -0.602. The van der Waals surface area contributed by atoms with Crippen molar-refractivity contribution in [2.24, 2.45) is 0 Å². The molecule has 0 spiro atoms. The summed E-state index contributed by atoms with van der Waals surface area (Å²) in [5.41, 5.74) is 0. The van der Waals surface area contributed by atoms with E-state index >= 15 is 0 Å². The van der Waals surface area contributed by atoms with Crippen molar-refractivity contribution >= 4 is 0 Å². The molecule has 0 fully saturated rings. The number of methoxy groups -OCH3 is 2. The first-order valence-electron chi connectivity index (χ1n) is 4.08. The van der Waals surface area contributed by atoms with Gasteiger partial charge in [0.25, 0.3) is 0 Å². The third-order valence-corrected chi connectivity index (χ3v) is 1.55. The summed E-state index contributed by atoms with van der Waals surface area (Å²) in [7, 11) is 3.06. The van der Waals surface area contributed by atoms with Crippen molar-refractivity contribution in [3.8, 4) is 0 Å². The van der Waals surface area contributed by atoms with Crippen LogP contribution >= 0.6 is 0 Å². The smallest absolute Gasteiger partial charge is 0.146 e. The van der Waals surface area contributed by atoms with Gasteiger partial charge in [-0.15, -0.1) is 0 Å².